The van der Waals surface area contributed by atoms with Crippen LogP contribution in [-0.4, -0.2) is 23.5 Å². The van der Waals surface area contributed by atoms with E-state index in [0.29, 0.717) is 13.0 Å². The average molecular weight is 312 g/mol. The zero-order chi connectivity index (χ0) is 13.4. The van der Waals surface area contributed by atoms with Gasteiger partial charge in [0.2, 0.25) is 5.91 Å². The van der Waals surface area contributed by atoms with Crippen LogP contribution < -0.4 is 4.90 Å². The number of nitrogens with zero attached hydrogens (tertiary/aromatic N) is 1. The molecule has 0 spiro atoms. The fraction of sp³-hybridized carbons (Fsp3) is 0.385. The second-order valence-electron chi connectivity index (χ2n) is 4.58. The first-order valence-electron chi connectivity index (χ1n) is 5.72. The standard InChI is InChI=1S/C13H14BrNO3/c1-7-5-8(2)11(10(14)6-7)15-4-3-9(12(15)16)13(17)18/h5-6,9H,3-4H2,1-2H3,(H,17,18). The summed E-state index contributed by atoms with van der Waals surface area (Å²) in [5.41, 5.74) is 2.86. The van der Waals surface area contributed by atoms with E-state index < -0.39 is 11.9 Å². The molecule has 1 aromatic rings. The smallest absolute Gasteiger partial charge is 0.316 e. The second kappa shape index (κ2) is 4.72. The van der Waals surface area contributed by atoms with Crippen LogP contribution in [0, 0.1) is 19.8 Å². The van der Waals surface area contributed by atoms with Crippen molar-refractivity contribution in [1.29, 1.82) is 0 Å². The van der Waals surface area contributed by atoms with Gasteiger partial charge in [0.05, 0.1) is 5.69 Å². The molecule has 0 radical (unpaired) electrons. The van der Waals surface area contributed by atoms with Gasteiger partial charge in [-0.3, -0.25) is 9.59 Å². The van der Waals surface area contributed by atoms with Crippen molar-refractivity contribution in [3.05, 3.63) is 27.7 Å². The number of aliphatic carboxylic acids is 1. The molecule has 1 aromatic carbocycles. The van der Waals surface area contributed by atoms with E-state index in [-0.39, 0.29) is 5.91 Å². The molecule has 1 heterocycles. The highest BCUT2D eigenvalue weighted by Crippen LogP contribution is 2.35. The summed E-state index contributed by atoms with van der Waals surface area (Å²) < 4.78 is 0.833. The number of hydrogen-bond acceptors (Lipinski definition) is 2. The van der Waals surface area contributed by atoms with E-state index in [1.807, 2.05) is 26.0 Å². The molecule has 1 fully saturated rings. The van der Waals surface area contributed by atoms with Crippen LogP contribution in [0.25, 0.3) is 0 Å². The molecule has 2 rings (SSSR count). The molecule has 4 nitrogen and oxygen atoms in total. The van der Waals surface area contributed by atoms with E-state index in [2.05, 4.69) is 15.9 Å². The summed E-state index contributed by atoms with van der Waals surface area (Å²) in [4.78, 5) is 24.6. The maximum Gasteiger partial charge on any atom is 0.316 e. The molecule has 1 aliphatic heterocycles. The van der Waals surface area contributed by atoms with Crippen LogP contribution in [0.5, 0.6) is 0 Å². The molecule has 1 amide bonds. The third-order valence-electron chi connectivity index (χ3n) is 3.17. The summed E-state index contributed by atoms with van der Waals surface area (Å²) in [6, 6.07) is 3.92. The number of carbonyl (C=O) groups excluding carboxylic acids is 1. The lowest BCUT2D eigenvalue weighted by molar-refractivity contribution is -0.144. The molecule has 1 aliphatic rings. The number of halogens is 1. The van der Waals surface area contributed by atoms with E-state index in [9.17, 15) is 9.59 Å². The molecule has 0 aromatic heterocycles. The lowest BCUT2D eigenvalue weighted by Gasteiger charge is -2.21. The Morgan fingerprint density at radius 3 is 2.61 bits per heavy atom. The van der Waals surface area contributed by atoms with E-state index in [4.69, 9.17) is 5.11 Å². The number of carboxylic acids is 1. The number of carboxylic acid groups (broad SMARTS) is 1. The number of rotatable bonds is 2. The maximum atomic E-state index is 12.1. The van der Waals surface area contributed by atoms with Gasteiger partial charge in [-0.05, 0) is 53.4 Å². The van der Waals surface area contributed by atoms with Crippen molar-refractivity contribution in [1.82, 2.24) is 0 Å². The SMILES string of the molecule is Cc1cc(C)c(N2CCC(C(=O)O)C2=O)c(Br)c1. The van der Waals surface area contributed by atoms with E-state index in [1.165, 1.54) is 0 Å². The van der Waals surface area contributed by atoms with E-state index >= 15 is 0 Å². The Balaban J connectivity index is 2.40. The van der Waals surface area contributed by atoms with E-state index in [0.717, 1.165) is 21.3 Å². The van der Waals surface area contributed by atoms with Gasteiger partial charge in [-0.2, -0.15) is 0 Å². The summed E-state index contributed by atoms with van der Waals surface area (Å²) in [7, 11) is 0. The molecule has 96 valence electrons. The van der Waals surface area contributed by atoms with Crippen molar-refractivity contribution < 1.29 is 14.7 Å². The van der Waals surface area contributed by atoms with Crippen LogP contribution in [0.2, 0.25) is 0 Å². The summed E-state index contributed by atoms with van der Waals surface area (Å²) in [5.74, 6) is -2.27. The van der Waals surface area contributed by atoms with Gasteiger partial charge < -0.3 is 10.0 Å². The molecular formula is C13H14BrNO3. The van der Waals surface area contributed by atoms with Gasteiger partial charge in [-0.25, -0.2) is 0 Å². The topological polar surface area (TPSA) is 57.6 Å². The van der Waals surface area contributed by atoms with Crippen molar-refractivity contribution >= 4 is 33.5 Å². The minimum atomic E-state index is -1.04. The largest absolute Gasteiger partial charge is 0.481 e. The molecule has 1 saturated heterocycles. The first-order valence-corrected chi connectivity index (χ1v) is 6.52. The fourth-order valence-electron chi connectivity index (χ4n) is 2.38. The highest BCUT2D eigenvalue weighted by Gasteiger charge is 2.38. The van der Waals surface area contributed by atoms with Gasteiger partial charge in [0, 0.05) is 11.0 Å². The van der Waals surface area contributed by atoms with Crippen LogP contribution in [-0.2, 0) is 9.59 Å². The highest BCUT2D eigenvalue weighted by atomic mass is 79.9. The van der Waals surface area contributed by atoms with Crippen molar-refractivity contribution in [2.24, 2.45) is 5.92 Å². The molecule has 1 atom stereocenters. The number of anilines is 1. The zero-order valence-corrected chi connectivity index (χ0v) is 11.8. The Morgan fingerprint density at radius 2 is 2.11 bits per heavy atom. The average Bonchev–Trinajstić information content (AvgIpc) is 2.59. The van der Waals surface area contributed by atoms with Gasteiger partial charge in [0.15, 0.2) is 0 Å². The molecule has 0 bridgehead atoms. The molecule has 1 unspecified atom stereocenters. The van der Waals surface area contributed by atoms with Gasteiger partial charge in [-0.15, -0.1) is 0 Å². The normalized spacial score (nSPS) is 19.4. The van der Waals surface area contributed by atoms with Crippen LogP contribution in [0.4, 0.5) is 5.69 Å². The minimum absolute atomic E-state index is 0.324. The van der Waals surface area contributed by atoms with Crippen LogP contribution in [0.15, 0.2) is 16.6 Å². The Labute approximate surface area is 114 Å². The van der Waals surface area contributed by atoms with Crippen molar-refractivity contribution in [3.63, 3.8) is 0 Å². The number of aryl methyl sites for hydroxylation is 2. The molecule has 18 heavy (non-hydrogen) atoms. The summed E-state index contributed by atoms with van der Waals surface area (Å²) >= 11 is 3.45. The molecule has 0 saturated carbocycles. The second-order valence-corrected chi connectivity index (χ2v) is 5.44. The third kappa shape index (κ3) is 2.14. The Hall–Kier alpha value is -1.36. The van der Waals surface area contributed by atoms with Crippen LogP contribution >= 0.6 is 15.9 Å². The molecular weight excluding hydrogens is 298 g/mol. The van der Waals surface area contributed by atoms with Crippen molar-refractivity contribution in [2.75, 3.05) is 11.4 Å². The maximum absolute atomic E-state index is 12.1. The monoisotopic (exact) mass is 311 g/mol. The minimum Gasteiger partial charge on any atom is -0.481 e. The predicted octanol–water partition coefficient (Wildman–Crippen LogP) is 2.50. The van der Waals surface area contributed by atoms with Crippen molar-refractivity contribution in [2.45, 2.75) is 20.3 Å². The van der Waals surface area contributed by atoms with Crippen molar-refractivity contribution in [3.8, 4) is 0 Å². The lowest BCUT2D eigenvalue weighted by Crippen LogP contribution is -2.30. The van der Waals surface area contributed by atoms with Crippen LogP contribution in [0.1, 0.15) is 17.5 Å². The van der Waals surface area contributed by atoms with Gasteiger partial charge in [0.1, 0.15) is 5.92 Å². The highest BCUT2D eigenvalue weighted by molar-refractivity contribution is 9.10. The first kappa shape index (κ1) is 13.1. The molecule has 0 aliphatic carbocycles. The van der Waals surface area contributed by atoms with Gasteiger partial charge in [-0.1, -0.05) is 6.07 Å². The number of amides is 1. The van der Waals surface area contributed by atoms with E-state index in [1.54, 1.807) is 4.90 Å². The number of benzene rings is 1. The Kier molecular flexibility index (Phi) is 3.43. The summed E-state index contributed by atoms with van der Waals surface area (Å²) in [6.45, 7) is 4.36. The Bertz CT molecular complexity index is 504. The quantitative estimate of drug-likeness (QED) is 0.854. The fourth-order valence-corrected chi connectivity index (χ4v) is 3.27. The molecule has 1 N–H and O–H groups in total. The summed E-state index contributed by atoms with van der Waals surface area (Å²) in [5, 5.41) is 8.97. The van der Waals surface area contributed by atoms with Gasteiger partial charge >= 0.3 is 5.97 Å². The first-order chi connectivity index (χ1) is 8.41. The zero-order valence-electron chi connectivity index (χ0n) is 10.2. The van der Waals surface area contributed by atoms with Crippen LogP contribution in [0.3, 0.4) is 0 Å². The Morgan fingerprint density at radius 1 is 1.44 bits per heavy atom. The summed E-state index contributed by atoms with van der Waals surface area (Å²) in [6.07, 6.45) is 0.369. The predicted molar refractivity (Wildman–Crippen MR) is 71.7 cm³/mol. The number of hydrogen-bond donors (Lipinski definition) is 1. The van der Waals surface area contributed by atoms with Gasteiger partial charge in [0.25, 0.3) is 0 Å². The number of carbonyl (C=O) groups is 2. The lowest BCUT2D eigenvalue weighted by atomic mass is 10.1. The molecule has 5 heteroatoms. The third-order valence-corrected chi connectivity index (χ3v) is 3.78.